The highest BCUT2D eigenvalue weighted by Gasteiger charge is 2.19. The number of likely N-dealkylation sites (N-methyl/N-ethyl adjacent to an activating group) is 1. The molecule has 0 saturated carbocycles. The Morgan fingerprint density at radius 2 is 1.95 bits per heavy atom. The van der Waals surface area contributed by atoms with Gasteiger partial charge >= 0.3 is 0 Å². The van der Waals surface area contributed by atoms with Gasteiger partial charge in [0.15, 0.2) is 0 Å². The van der Waals surface area contributed by atoms with Crippen molar-refractivity contribution in [3.8, 4) is 0 Å². The van der Waals surface area contributed by atoms with Crippen molar-refractivity contribution in [2.75, 3.05) is 51.7 Å². The Hall–Kier alpha value is -1.81. The molecule has 1 aliphatic rings. The predicted octanol–water partition coefficient (Wildman–Crippen LogP) is 1.76. The van der Waals surface area contributed by atoms with E-state index in [1.165, 1.54) is 11.3 Å². The third-order valence-electron chi connectivity index (χ3n) is 3.69. The molecule has 4 heteroatoms. The van der Waals surface area contributed by atoms with Gasteiger partial charge in [-0.2, -0.15) is 0 Å². The van der Waals surface area contributed by atoms with Crippen LogP contribution in [0.2, 0.25) is 0 Å². The van der Waals surface area contributed by atoms with Crippen LogP contribution in [0.15, 0.2) is 36.4 Å². The highest BCUT2D eigenvalue weighted by molar-refractivity contribution is 5.87. The number of carbonyl (C=O) groups is 1. The van der Waals surface area contributed by atoms with Crippen molar-refractivity contribution in [3.05, 3.63) is 42.0 Å². The molecule has 0 radical (unpaired) electrons. The number of rotatable bonds is 4. The van der Waals surface area contributed by atoms with Gasteiger partial charge in [0.1, 0.15) is 0 Å². The average Bonchev–Trinajstić information content (AvgIpc) is 2.47. The second kappa shape index (κ2) is 7.27. The van der Waals surface area contributed by atoms with Crippen molar-refractivity contribution < 1.29 is 4.79 Å². The third-order valence-corrected chi connectivity index (χ3v) is 3.69. The molecule has 1 saturated heterocycles. The van der Waals surface area contributed by atoms with Crippen LogP contribution in [0.1, 0.15) is 5.56 Å². The number of aryl methyl sites for hydroxylation is 1. The Labute approximate surface area is 127 Å². The molecule has 0 N–H and O–H groups in total. The Kier molecular flexibility index (Phi) is 5.39. The molecule has 2 rings (SSSR count). The minimum Gasteiger partial charge on any atom is -0.368 e. The van der Waals surface area contributed by atoms with Crippen LogP contribution in [-0.2, 0) is 4.79 Å². The highest BCUT2D eigenvalue weighted by atomic mass is 16.2. The van der Waals surface area contributed by atoms with E-state index >= 15 is 0 Å². The van der Waals surface area contributed by atoms with E-state index in [0.717, 1.165) is 32.7 Å². The number of hydrogen-bond acceptors (Lipinski definition) is 3. The number of benzene rings is 1. The molecule has 1 amide bonds. The van der Waals surface area contributed by atoms with Crippen LogP contribution in [0.4, 0.5) is 5.69 Å². The predicted molar refractivity (Wildman–Crippen MR) is 87.7 cm³/mol. The van der Waals surface area contributed by atoms with E-state index in [1.54, 1.807) is 6.08 Å². The molecule has 0 aliphatic carbocycles. The standard InChI is InChI=1S/C17H25N3O/c1-15-6-4-7-16(14-15)19-10-12-20(13-11-19)17(21)8-5-9-18(2)3/h4-8,14H,9-13H2,1-3H3/b8-5+. The van der Waals surface area contributed by atoms with Gasteiger partial charge in [0.05, 0.1) is 0 Å². The summed E-state index contributed by atoms with van der Waals surface area (Å²) in [6, 6.07) is 8.54. The second-order valence-electron chi connectivity index (χ2n) is 5.82. The van der Waals surface area contributed by atoms with Gasteiger partial charge in [0.25, 0.3) is 0 Å². The molecule has 4 nitrogen and oxygen atoms in total. The van der Waals surface area contributed by atoms with Crippen molar-refractivity contribution in [1.29, 1.82) is 0 Å². The first-order valence-electron chi connectivity index (χ1n) is 7.48. The van der Waals surface area contributed by atoms with Crippen LogP contribution in [0.25, 0.3) is 0 Å². The van der Waals surface area contributed by atoms with Crippen LogP contribution in [-0.4, -0.2) is 62.5 Å². The molecule has 0 aromatic heterocycles. The molecule has 1 aromatic rings. The average molecular weight is 287 g/mol. The molecule has 0 atom stereocenters. The van der Waals surface area contributed by atoms with E-state index in [9.17, 15) is 4.79 Å². The minimum absolute atomic E-state index is 0.126. The van der Waals surface area contributed by atoms with Crippen molar-refractivity contribution >= 4 is 11.6 Å². The number of nitrogens with zero attached hydrogens (tertiary/aromatic N) is 3. The van der Waals surface area contributed by atoms with Crippen LogP contribution in [0.5, 0.6) is 0 Å². The molecule has 21 heavy (non-hydrogen) atoms. The maximum absolute atomic E-state index is 12.1. The van der Waals surface area contributed by atoms with Gasteiger partial charge in [-0.3, -0.25) is 4.79 Å². The summed E-state index contributed by atoms with van der Waals surface area (Å²) in [5.74, 6) is 0.126. The zero-order valence-electron chi connectivity index (χ0n) is 13.2. The van der Waals surface area contributed by atoms with Gasteiger partial charge < -0.3 is 14.7 Å². The lowest BCUT2D eigenvalue weighted by atomic mass is 10.2. The van der Waals surface area contributed by atoms with Crippen LogP contribution >= 0.6 is 0 Å². The van der Waals surface area contributed by atoms with E-state index in [-0.39, 0.29) is 5.91 Å². The second-order valence-corrected chi connectivity index (χ2v) is 5.82. The molecule has 1 aromatic carbocycles. The fraction of sp³-hybridized carbons (Fsp3) is 0.471. The fourth-order valence-corrected chi connectivity index (χ4v) is 2.48. The maximum atomic E-state index is 12.1. The zero-order chi connectivity index (χ0) is 15.2. The molecule has 0 unspecified atom stereocenters. The van der Waals surface area contributed by atoms with Gasteiger partial charge in [0, 0.05) is 44.5 Å². The largest absolute Gasteiger partial charge is 0.368 e. The topological polar surface area (TPSA) is 26.8 Å². The first kappa shape index (κ1) is 15.6. The Balaban J connectivity index is 1.85. The van der Waals surface area contributed by atoms with Gasteiger partial charge in [-0.1, -0.05) is 18.2 Å². The molecule has 1 aliphatic heterocycles. The van der Waals surface area contributed by atoms with E-state index in [2.05, 4.69) is 36.1 Å². The van der Waals surface area contributed by atoms with Crippen molar-refractivity contribution in [3.63, 3.8) is 0 Å². The molecule has 0 spiro atoms. The number of piperazine rings is 1. The summed E-state index contributed by atoms with van der Waals surface area (Å²) in [5.41, 5.74) is 2.53. The lowest BCUT2D eigenvalue weighted by molar-refractivity contribution is -0.126. The third kappa shape index (κ3) is 4.60. The highest BCUT2D eigenvalue weighted by Crippen LogP contribution is 2.17. The fourth-order valence-electron chi connectivity index (χ4n) is 2.48. The maximum Gasteiger partial charge on any atom is 0.246 e. The van der Waals surface area contributed by atoms with Crippen molar-refractivity contribution in [1.82, 2.24) is 9.80 Å². The van der Waals surface area contributed by atoms with Gasteiger partial charge in [0.2, 0.25) is 5.91 Å². The Morgan fingerprint density at radius 1 is 1.24 bits per heavy atom. The van der Waals surface area contributed by atoms with E-state index < -0.39 is 0 Å². The van der Waals surface area contributed by atoms with Crippen molar-refractivity contribution in [2.45, 2.75) is 6.92 Å². The normalized spacial score (nSPS) is 16.0. The molecule has 0 bridgehead atoms. The van der Waals surface area contributed by atoms with E-state index in [0.29, 0.717) is 0 Å². The monoisotopic (exact) mass is 287 g/mol. The number of carbonyl (C=O) groups excluding carboxylic acids is 1. The molecule has 1 fully saturated rings. The van der Waals surface area contributed by atoms with E-state index in [4.69, 9.17) is 0 Å². The molecular weight excluding hydrogens is 262 g/mol. The van der Waals surface area contributed by atoms with Gasteiger partial charge in [-0.05, 0) is 38.7 Å². The first-order chi connectivity index (χ1) is 10.1. The van der Waals surface area contributed by atoms with E-state index in [1.807, 2.05) is 30.0 Å². The van der Waals surface area contributed by atoms with Gasteiger partial charge in [-0.15, -0.1) is 0 Å². The van der Waals surface area contributed by atoms with Crippen LogP contribution < -0.4 is 4.90 Å². The van der Waals surface area contributed by atoms with Crippen LogP contribution in [0.3, 0.4) is 0 Å². The molecule has 1 heterocycles. The number of anilines is 1. The molecule has 114 valence electrons. The molecular formula is C17H25N3O. The summed E-state index contributed by atoms with van der Waals surface area (Å²) in [7, 11) is 3.99. The summed E-state index contributed by atoms with van der Waals surface area (Å²) in [6.45, 7) is 6.29. The quantitative estimate of drug-likeness (QED) is 0.790. The van der Waals surface area contributed by atoms with Gasteiger partial charge in [-0.25, -0.2) is 0 Å². The summed E-state index contributed by atoms with van der Waals surface area (Å²) in [5, 5.41) is 0. The Morgan fingerprint density at radius 3 is 2.57 bits per heavy atom. The van der Waals surface area contributed by atoms with Crippen LogP contribution in [0, 0.1) is 6.92 Å². The van der Waals surface area contributed by atoms with Crippen molar-refractivity contribution in [2.24, 2.45) is 0 Å². The summed E-state index contributed by atoms with van der Waals surface area (Å²) >= 11 is 0. The Bertz CT molecular complexity index is 503. The lowest BCUT2D eigenvalue weighted by Gasteiger charge is -2.35. The lowest BCUT2D eigenvalue weighted by Crippen LogP contribution is -2.48. The summed E-state index contributed by atoms with van der Waals surface area (Å²) < 4.78 is 0. The first-order valence-corrected chi connectivity index (χ1v) is 7.48. The number of amides is 1. The summed E-state index contributed by atoms with van der Waals surface area (Å²) in [4.78, 5) is 18.4. The smallest absolute Gasteiger partial charge is 0.246 e. The zero-order valence-corrected chi connectivity index (χ0v) is 13.2. The summed E-state index contributed by atoms with van der Waals surface area (Å²) in [6.07, 6.45) is 3.62. The SMILES string of the molecule is Cc1cccc(N2CCN(C(=O)/C=C/CN(C)C)CC2)c1. The number of hydrogen-bond donors (Lipinski definition) is 0. The minimum atomic E-state index is 0.126.